The average molecular weight is 262 g/mol. The van der Waals surface area contributed by atoms with Crippen molar-refractivity contribution in [3.05, 3.63) is 35.4 Å². The van der Waals surface area contributed by atoms with Crippen LogP contribution in [0, 0.1) is 18.7 Å². The average Bonchev–Trinajstić information content (AvgIpc) is 2.75. The van der Waals surface area contributed by atoms with E-state index in [1.54, 1.807) is 19.1 Å². The van der Waals surface area contributed by atoms with Crippen molar-refractivity contribution in [3.8, 4) is 11.4 Å². The number of hydrogen-bond acceptors (Lipinski definition) is 3. The zero-order chi connectivity index (χ0) is 14.0. The van der Waals surface area contributed by atoms with Crippen LogP contribution >= 0.6 is 0 Å². The lowest BCUT2D eigenvalue weighted by Gasteiger charge is -2.12. The van der Waals surface area contributed by atoms with E-state index in [9.17, 15) is 4.39 Å². The predicted octanol–water partition coefficient (Wildman–Crippen LogP) is 2.51. The van der Waals surface area contributed by atoms with Gasteiger partial charge in [0.1, 0.15) is 11.6 Å². The fraction of sp³-hybridized carbons (Fsp3) is 0.429. The van der Waals surface area contributed by atoms with Gasteiger partial charge in [-0.05, 0) is 36.6 Å². The summed E-state index contributed by atoms with van der Waals surface area (Å²) in [4.78, 5) is 0. The number of halogens is 1. The Hall–Kier alpha value is -1.75. The molecule has 0 atom stereocenters. The largest absolute Gasteiger partial charge is 0.324 e. The quantitative estimate of drug-likeness (QED) is 0.921. The summed E-state index contributed by atoms with van der Waals surface area (Å²) >= 11 is 0. The highest BCUT2D eigenvalue weighted by molar-refractivity contribution is 5.56. The van der Waals surface area contributed by atoms with E-state index in [1.807, 2.05) is 4.57 Å². The fourth-order valence-electron chi connectivity index (χ4n) is 2.04. The Bertz CT molecular complexity index is 575. The van der Waals surface area contributed by atoms with Crippen LogP contribution in [0.25, 0.3) is 11.4 Å². The van der Waals surface area contributed by atoms with Gasteiger partial charge in [-0.3, -0.25) is 0 Å². The van der Waals surface area contributed by atoms with E-state index in [1.165, 1.54) is 6.07 Å². The Labute approximate surface area is 112 Å². The second-order valence-corrected chi connectivity index (χ2v) is 5.11. The van der Waals surface area contributed by atoms with Crippen LogP contribution < -0.4 is 5.73 Å². The van der Waals surface area contributed by atoms with Gasteiger partial charge in [0, 0.05) is 12.1 Å². The Balaban J connectivity index is 2.48. The van der Waals surface area contributed by atoms with Crippen molar-refractivity contribution >= 4 is 0 Å². The first kappa shape index (κ1) is 13.7. The number of aryl methyl sites for hydroxylation is 1. The number of nitrogens with two attached hydrogens (primary N) is 1. The Morgan fingerprint density at radius 3 is 2.63 bits per heavy atom. The molecule has 0 spiro atoms. The van der Waals surface area contributed by atoms with Gasteiger partial charge in [-0.15, -0.1) is 10.2 Å². The molecule has 102 valence electrons. The van der Waals surface area contributed by atoms with E-state index in [0.29, 0.717) is 18.0 Å². The smallest absolute Gasteiger partial charge is 0.164 e. The Morgan fingerprint density at radius 2 is 2.05 bits per heavy atom. The molecule has 0 aliphatic carbocycles. The number of hydrogen-bond donors (Lipinski definition) is 1. The van der Waals surface area contributed by atoms with E-state index >= 15 is 0 Å². The molecular weight excluding hydrogens is 243 g/mol. The third kappa shape index (κ3) is 2.81. The van der Waals surface area contributed by atoms with Crippen LogP contribution in [0.1, 0.15) is 25.2 Å². The van der Waals surface area contributed by atoms with Gasteiger partial charge in [-0.25, -0.2) is 4.39 Å². The van der Waals surface area contributed by atoms with Crippen molar-refractivity contribution in [2.24, 2.45) is 11.7 Å². The molecular formula is C14H19FN4. The molecule has 0 saturated carbocycles. The maximum absolute atomic E-state index is 13.3. The first-order valence-corrected chi connectivity index (χ1v) is 6.41. The molecule has 4 nitrogen and oxygen atoms in total. The van der Waals surface area contributed by atoms with Gasteiger partial charge in [0.15, 0.2) is 5.82 Å². The highest BCUT2D eigenvalue weighted by Crippen LogP contribution is 2.22. The monoisotopic (exact) mass is 262 g/mol. The second-order valence-electron chi connectivity index (χ2n) is 5.11. The summed E-state index contributed by atoms with van der Waals surface area (Å²) in [6.07, 6.45) is 0. The summed E-state index contributed by atoms with van der Waals surface area (Å²) in [6, 6.07) is 4.97. The zero-order valence-electron chi connectivity index (χ0n) is 11.5. The number of benzene rings is 1. The van der Waals surface area contributed by atoms with Gasteiger partial charge in [0.2, 0.25) is 0 Å². The molecule has 1 aromatic heterocycles. The first-order valence-electron chi connectivity index (χ1n) is 6.41. The van der Waals surface area contributed by atoms with Crippen molar-refractivity contribution in [2.45, 2.75) is 33.9 Å². The zero-order valence-corrected chi connectivity index (χ0v) is 11.5. The molecule has 0 fully saturated rings. The lowest BCUT2D eigenvalue weighted by molar-refractivity contribution is 0.510. The van der Waals surface area contributed by atoms with Crippen molar-refractivity contribution < 1.29 is 4.39 Å². The summed E-state index contributed by atoms with van der Waals surface area (Å²) in [6.45, 7) is 7.14. The second kappa shape index (κ2) is 5.48. The van der Waals surface area contributed by atoms with E-state index in [4.69, 9.17) is 5.73 Å². The van der Waals surface area contributed by atoms with E-state index in [-0.39, 0.29) is 5.82 Å². The fourth-order valence-corrected chi connectivity index (χ4v) is 2.04. The summed E-state index contributed by atoms with van der Waals surface area (Å²) in [5.74, 6) is 1.75. The van der Waals surface area contributed by atoms with Gasteiger partial charge in [-0.1, -0.05) is 13.8 Å². The molecule has 2 N–H and O–H groups in total. The lowest BCUT2D eigenvalue weighted by atomic mass is 10.1. The standard InChI is InChI=1S/C14H19FN4/c1-9(2)8-19-13(7-16)17-18-14(19)11-4-5-12(15)10(3)6-11/h4-6,9H,7-8,16H2,1-3H3. The highest BCUT2D eigenvalue weighted by atomic mass is 19.1. The lowest BCUT2D eigenvalue weighted by Crippen LogP contribution is -2.13. The minimum atomic E-state index is -0.210. The molecule has 0 aliphatic heterocycles. The number of rotatable bonds is 4. The molecule has 0 radical (unpaired) electrons. The summed E-state index contributed by atoms with van der Waals surface area (Å²) < 4.78 is 15.3. The molecule has 0 saturated heterocycles. The van der Waals surface area contributed by atoms with Crippen LogP contribution in [-0.4, -0.2) is 14.8 Å². The highest BCUT2D eigenvalue weighted by Gasteiger charge is 2.14. The maximum atomic E-state index is 13.3. The van der Waals surface area contributed by atoms with E-state index < -0.39 is 0 Å². The van der Waals surface area contributed by atoms with Crippen molar-refractivity contribution in [3.63, 3.8) is 0 Å². The summed E-state index contributed by atoms with van der Waals surface area (Å²) in [5.41, 5.74) is 7.16. The van der Waals surface area contributed by atoms with Crippen LogP contribution in [0.15, 0.2) is 18.2 Å². The van der Waals surface area contributed by atoms with Crippen LogP contribution in [0.2, 0.25) is 0 Å². The predicted molar refractivity (Wildman–Crippen MR) is 72.9 cm³/mol. The normalized spacial score (nSPS) is 11.3. The molecule has 0 bridgehead atoms. The maximum Gasteiger partial charge on any atom is 0.164 e. The molecule has 0 aliphatic rings. The first-order chi connectivity index (χ1) is 9.02. The number of nitrogens with zero attached hydrogens (tertiary/aromatic N) is 3. The third-order valence-electron chi connectivity index (χ3n) is 2.97. The van der Waals surface area contributed by atoms with E-state index in [2.05, 4.69) is 24.0 Å². The van der Waals surface area contributed by atoms with Crippen LogP contribution in [0.4, 0.5) is 4.39 Å². The van der Waals surface area contributed by atoms with Gasteiger partial charge in [0.25, 0.3) is 0 Å². The van der Waals surface area contributed by atoms with Crippen molar-refractivity contribution in [1.82, 2.24) is 14.8 Å². The van der Waals surface area contributed by atoms with Gasteiger partial charge in [-0.2, -0.15) is 0 Å². The SMILES string of the molecule is Cc1cc(-c2nnc(CN)n2CC(C)C)ccc1F. The number of aromatic nitrogens is 3. The summed E-state index contributed by atoms with van der Waals surface area (Å²) in [7, 11) is 0. The molecule has 1 heterocycles. The molecule has 0 unspecified atom stereocenters. The topological polar surface area (TPSA) is 56.7 Å². The minimum absolute atomic E-state index is 0.210. The van der Waals surface area contributed by atoms with Gasteiger partial charge < -0.3 is 10.3 Å². The van der Waals surface area contributed by atoms with Crippen molar-refractivity contribution in [2.75, 3.05) is 0 Å². The van der Waals surface area contributed by atoms with E-state index in [0.717, 1.165) is 23.8 Å². The third-order valence-corrected chi connectivity index (χ3v) is 2.97. The Morgan fingerprint density at radius 1 is 1.32 bits per heavy atom. The van der Waals surface area contributed by atoms with Crippen LogP contribution in [0.5, 0.6) is 0 Å². The molecule has 5 heteroatoms. The van der Waals surface area contributed by atoms with Gasteiger partial charge >= 0.3 is 0 Å². The van der Waals surface area contributed by atoms with Gasteiger partial charge in [0.05, 0.1) is 6.54 Å². The molecule has 2 aromatic rings. The molecule has 1 aromatic carbocycles. The Kier molecular flexibility index (Phi) is 3.95. The minimum Gasteiger partial charge on any atom is -0.324 e. The summed E-state index contributed by atoms with van der Waals surface area (Å²) in [5, 5.41) is 8.30. The molecule has 19 heavy (non-hydrogen) atoms. The van der Waals surface area contributed by atoms with Crippen LogP contribution in [-0.2, 0) is 13.1 Å². The molecule has 2 rings (SSSR count). The van der Waals surface area contributed by atoms with Crippen molar-refractivity contribution in [1.29, 1.82) is 0 Å². The molecule has 0 amide bonds. The van der Waals surface area contributed by atoms with Crippen LogP contribution in [0.3, 0.4) is 0 Å².